The predicted molar refractivity (Wildman–Crippen MR) is 79.3 cm³/mol. The van der Waals surface area contributed by atoms with Gasteiger partial charge in [0.2, 0.25) is 0 Å². The summed E-state index contributed by atoms with van der Waals surface area (Å²) in [5.74, 6) is 0. The van der Waals surface area contributed by atoms with Gasteiger partial charge in [-0.05, 0) is 35.1 Å². The van der Waals surface area contributed by atoms with E-state index in [2.05, 4.69) is 4.98 Å². The number of benzene rings is 1. The number of nitrogens with two attached hydrogens (primary N) is 1. The van der Waals surface area contributed by atoms with Crippen molar-refractivity contribution in [3.8, 4) is 0 Å². The first-order valence-corrected chi connectivity index (χ1v) is 6.69. The molecule has 0 aliphatic heterocycles. The first kappa shape index (κ1) is 13.2. The maximum absolute atomic E-state index is 12.0. The van der Waals surface area contributed by atoms with E-state index in [1.807, 2.05) is 59.8 Å². The van der Waals surface area contributed by atoms with E-state index < -0.39 is 0 Å². The minimum Gasteiger partial charge on any atom is -0.322 e. The van der Waals surface area contributed by atoms with Crippen LogP contribution in [0.5, 0.6) is 0 Å². The average Bonchev–Trinajstić information content (AvgIpc) is 2.40. The summed E-state index contributed by atoms with van der Waals surface area (Å²) in [5.41, 5.74) is 7.83. The molecule has 2 N–H and O–H groups in total. The van der Waals surface area contributed by atoms with Gasteiger partial charge in [0.15, 0.2) is 0 Å². The molecule has 0 aliphatic carbocycles. The van der Waals surface area contributed by atoms with Crippen LogP contribution >= 0.6 is 22.6 Å². The summed E-state index contributed by atoms with van der Waals surface area (Å²) in [7, 11) is 0. The molecule has 0 bridgehead atoms. The molecular weight excluding hydrogens is 341 g/mol. The second-order valence-electron chi connectivity index (χ2n) is 4.12. The Bertz CT molecular complexity index is 595. The lowest BCUT2D eigenvalue weighted by Crippen LogP contribution is -2.29. The van der Waals surface area contributed by atoms with Gasteiger partial charge in [0.25, 0.3) is 5.56 Å². The van der Waals surface area contributed by atoms with Gasteiger partial charge in [-0.25, -0.2) is 4.98 Å². The van der Waals surface area contributed by atoms with Crippen molar-refractivity contribution in [1.82, 2.24) is 9.55 Å². The molecule has 0 amide bonds. The Morgan fingerprint density at radius 3 is 2.72 bits per heavy atom. The van der Waals surface area contributed by atoms with Crippen molar-refractivity contribution in [1.29, 1.82) is 0 Å². The summed E-state index contributed by atoms with van der Waals surface area (Å²) in [5, 5.41) is 0. The maximum atomic E-state index is 12.0. The van der Waals surface area contributed by atoms with Gasteiger partial charge in [-0.2, -0.15) is 0 Å². The first-order chi connectivity index (χ1) is 8.59. The molecule has 0 fully saturated rings. The third-order valence-electron chi connectivity index (χ3n) is 2.78. The Balaban J connectivity index is 2.25. The molecule has 5 heteroatoms. The molecule has 0 spiro atoms. The topological polar surface area (TPSA) is 60.9 Å². The quantitative estimate of drug-likeness (QED) is 0.855. The highest BCUT2D eigenvalue weighted by Crippen LogP contribution is 2.11. The van der Waals surface area contributed by atoms with Crippen molar-refractivity contribution in [2.24, 2.45) is 5.73 Å². The Hall–Kier alpha value is -1.21. The molecule has 1 heterocycles. The van der Waals surface area contributed by atoms with Gasteiger partial charge in [-0.15, -0.1) is 0 Å². The lowest BCUT2D eigenvalue weighted by molar-refractivity contribution is 0.550. The smallest absolute Gasteiger partial charge is 0.267 e. The minimum atomic E-state index is -0.204. The van der Waals surface area contributed by atoms with Crippen LogP contribution in [0.2, 0.25) is 0 Å². The number of nitrogens with zero attached hydrogens (tertiary/aromatic N) is 2. The van der Waals surface area contributed by atoms with E-state index in [4.69, 9.17) is 5.73 Å². The van der Waals surface area contributed by atoms with Gasteiger partial charge in [0.05, 0.1) is 15.6 Å². The molecule has 1 atom stereocenters. The Kier molecular flexibility index (Phi) is 4.13. The van der Waals surface area contributed by atoms with Gasteiger partial charge < -0.3 is 5.73 Å². The van der Waals surface area contributed by atoms with E-state index in [0.717, 1.165) is 11.3 Å². The summed E-state index contributed by atoms with van der Waals surface area (Å²) < 4.78 is 2.21. The van der Waals surface area contributed by atoms with Crippen LogP contribution in [0.15, 0.2) is 41.5 Å². The van der Waals surface area contributed by atoms with Crippen LogP contribution in [0.4, 0.5) is 0 Å². The van der Waals surface area contributed by atoms with E-state index in [0.29, 0.717) is 10.1 Å². The molecule has 0 saturated heterocycles. The molecule has 1 aromatic heterocycles. The number of aryl methyl sites for hydroxylation is 1. The van der Waals surface area contributed by atoms with E-state index >= 15 is 0 Å². The molecule has 0 saturated carbocycles. The summed E-state index contributed by atoms with van der Waals surface area (Å²) >= 11 is 2.02. The number of halogens is 1. The van der Waals surface area contributed by atoms with Gasteiger partial charge in [0, 0.05) is 12.6 Å². The molecule has 0 aliphatic rings. The summed E-state index contributed by atoms with van der Waals surface area (Å²) in [6.07, 6.45) is 1.56. The number of rotatable bonds is 3. The van der Waals surface area contributed by atoms with Crippen molar-refractivity contribution in [2.75, 3.05) is 0 Å². The van der Waals surface area contributed by atoms with Crippen LogP contribution in [0, 0.1) is 10.5 Å². The minimum absolute atomic E-state index is 0.0329. The summed E-state index contributed by atoms with van der Waals surface area (Å²) in [6, 6.07) is 9.54. The normalized spacial score (nSPS) is 12.4. The molecule has 4 nitrogen and oxygen atoms in total. The maximum Gasteiger partial charge on any atom is 0.267 e. The largest absolute Gasteiger partial charge is 0.322 e. The standard InChI is InChI=1S/C13H14IN3O/c1-9-12(14)13(18)17(8-16-9)7-11(15)10-5-3-2-4-6-10/h2-6,8,11H,7,15H2,1H3. The van der Waals surface area contributed by atoms with E-state index in [1.54, 1.807) is 10.9 Å². The fourth-order valence-electron chi connectivity index (χ4n) is 1.69. The molecule has 18 heavy (non-hydrogen) atoms. The van der Waals surface area contributed by atoms with Crippen LogP contribution in [-0.2, 0) is 6.54 Å². The third-order valence-corrected chi connectivity index (χ3v) is 4.02. The van der Waals surface area contributed by atoms with Gasteiger partial charge >= 0.3 is 0 Å². The van der Waals surface area contributed by atoms with E-state index in [-0.39, 0.29) is 11.6 Å². The highest BCUT2D eigenvalue weighted by molar-refractivity contribution is 14.1. The second kappa shape index (κ2) is 5.62. The van der Waals surface area contributed by atoms with E-state index in [9.17, 15) is 4.79 Å². The molecule has 94 valence electrons. The SMILES string of the molecule is Cc1ncn(CC(N)c2ccccc2)c(=O)c1I. The van der Waals surface area contributed by atoms with Crippen molar-refractivity contribution in [3.63, 3.8) is 0 Å². The van der Waals surface area contributed by atoms with Crippen molar-refractivity contribution in [3.05, 3.63) is 61.8 Å². The molecule has 1 unspecified atom stereocenters. The van der Waals surface area contributed by atoms with Crippen LogP contribution in [0.25, 0.3) is 0 Å². The molecular formula is C13H14IN3O. The Labute approximate surface area is 119 Å². The van der Waals surface area contributed by atoms with Gasteiger partial charge in [-0.1, -0.05) is 30.3 Å². The lowest BCUT2D eigenvalue weighted by Gasteiger charge is -2.14. The highest BCUT2D eigenvalue weighted by Gasteiger charge is 2.10. The van der Waals surface area contributed by atoms with Crippen LogP contribution in [0.3, 0.4) is 0 Å². The second-order valence-corrected chi connectivity index (χ2v) is 5.20. The first-order valence-electron chi connectivity index (χ1n) is 5.61. The number of hydrogen-bond donors (Lipinski definition) is 1. The molecule has 2 rings (SSSR count). The van der Waals surface area contributed by atoms with Gasteiger partial charge in [0.1, 0.15) is 0 Å². The van der Waals surface area contributed by atoms with Crippen LogP contribution < -0.4 is 11.3 Å². The molecule has 0 radical (unpaired) electrons. The molecule has 2 aromatic rings. The fraction of sp³-hybridized carbons (Fsp3) is 0.231. The van der Waals surface area contributed by atoms with Crippen LogP contribution in [0.1, 0.15) is 17.3 Å². The van der Waals surface area contributed by atoms with Gasteiger partial charge in [-0.3, -0.25) is 9.36 Å². The van der Waals surface area contributed by atoms with Crippen LogP contribution in [-0.4, -0.2) is 9.55 Å². The van der Waals surface area contributed by atoms with E-state index in [1.165, 1.54) is 0 Å². The zero-order valence-corrected chi connectivity index (χ0v) is 12.2. The zero-order chi connectivity index (χ0) is 13.1. The summed E-state index contributed by atoms with van der Waals surface area (Å²) in [6.45, 7) is 2.26. The predicted octanol–water partition coefficient (Wildman–Crippen LogP) is 1.86. The Morgan fingerprint density at radius 2 is 2.06 bits per heavy atom. The number of hydrogen-bond acceptors (Lipinski definition) is 3. The highest BCUT2D eigenvalue weighted by atomic mass is 127. The van der Waals surface area contributed by atoms with Crippen molar-refractivity contribution >= 4 is 22.6 Å². The monoisotopic (exact) mass is 355 g/mol. The van der Waals surface area contributed by atoms with Crippen molar-refractivity contribution < 1.29 is 0 Å². The number of aromatic nitrogens is 2. The molecule has 1 aromatic carbocycles. The Morgan fingerprint density at radius 1 is 1.39 bits per heavy atom. The summed E-state index contributed by atoms with van der Waals surface area (Å²) in [4.78, 5) is 16.2. The lowest BCUT2D eigenvalue weighted by atomic mass is 10.1. The third kappa shape index (κ3) is 2.78. The fourth-order valence-corrected chi connectivity index (χ4v) is 2.14. The zero-order valence-electron chi connectivity index (χ0n) is 10.0. The average molecular weight is 355 g/mol. The van der Waals surface area contributed by atoms with Crippen molar-refractivity contribution in [2.45, 2.75) is 19.5 Å².